The molecule has 0 saturated heterocycles. The Bertz CT molecular complexity index is 187. The standard InChI is InChI=1S/C8H10S2/c9-6-2-1-4-8-5-3-7-10-8/h1,3-5,7,9H,2,6H2. The van der Waals surface area contributed by atoms with Crippen LogP contribution < -0.4 is 0 Å². The Hall–Kier alpha value is -0.210. The van der Waals surface area contributed by atoms with Gasteiger partial charge in [0.2, 0.25) is 0 Å². The lowest BCUT2D eigenvalue weighted by atomic mass is 10.4. The Kier molecular flexibility index (Phi) is 3.62. The predicted molar refractivity (Wildman–Crippen MR) is 51.8 cm³/mol. The van der Waals surface area contributed by atoms with Gasteiger partial charge in [-0.15, -0.1) is 11.3 Å². The van der Waals surface area contributed by atoms with Crippen molar-refractivity contribution in [3.63, 3.8) is 0 Å². The molecular weight excluding hydrogens is 160 g/mol. The van der Waals surface area contributed by atoms with Gasteiger partial charge in [0.15, 0.2) is 0 Å². The zero-order valence-corrected chi connectivity index (χ0v) is 7.37. The second-order valence-corrected chi connectivity index (χ2v) is 3.36. The number of hydrogen-bond donors (Lipinski definition) is 1. The first-order valence-corrected chi connectivity index (χ1v) is 4.75. The van der Waals surface area contributed by atoms with Crippen LogP contribution in [0.3, 0.4) is 0 Å². The van der Waals surface area contributed by atoms with Gasteiger partial charge < -0.3 is 0 Å². The van der Waals surface area contributed by atoms with Crippen molar-refractivity contribution in [1.82, 2.24) is 0 Å². The molecule has 0 aliphatic carbocycles. The Morgan fingerprint density at radius 3 is 3.10 bits per heavy atom. The number of hydrogen-bond acceptors (Lipinski definition) is 2. The van der Waals surface area contributed by atoms with Crippen LogP contribution in [0, 0.1) is 0 Å². The molecular formula is C8H10S2. The van der Waals surface area contributed by atoms with E-state index in [-0.39, 0.29) is 0 Å². The molecule has 0 aliphatic heterocycles. The summed E-state index contributed by atoms with van der Waals surface area (Å²) in [5, 5.41) is 2.08. The summed E-state index contributed by atoms with van der Waals surface area (Å²) < 4.78 is 0. The Morgan fingerprint density at radius 2 is 2.50 bits per heavy atom. The minimum absolute atomic E-state index is 0.932. The van der Waals surface area contributed by atoms with Crippen LogP contribution in [0.5, 0.6) is 0 Å². The summed E-state index contributed by atoms with van der Waals surface area (Å²) in [6.45, 7) is 0. The molecule has 54 valence electrons. The third-order valence-corrected chi connectivity index (χ3v) is 2.22. The molecule has 0 aromatic carbocycles. The first-order valence-electron chi connectivity index (χ1n) is 3.24. The SMILES string of the molecule is SCCC=Cc1cccs1. The normalized spacial score (nSPS) is 10.9. The zero-order chi connectivity index (χ0) is 7.23. The topological polar surface area (TPSA) is 0 Å². The summed E-state index contributed by atoms with van der Waals surface area (Å²) >= 11 is 5.87. The summed E-state index contributed by atoms with van der Waals surface area (Å²) in [6.07, 6.45) is 5.35. The maximum absolute atomic E-state index is 4.10. The summed E-state index contributed by atoms with van der Waals surface area (Å²) in [5.41, 5.74) is 0. The molecule has 0 unspecified atom stereocenters. The minimum Gasteiger partial charge on any atom is -0.179 e. The fourth-order valence-electron chi connectivity index (χ4n) is 0.660. The first-order chi connectivity index (χ1) is 4.93. The highest BCUT2D eigenvalue weighted by atomic mass is 32.1. The molecule has 1 heterocycles. The van der Waals surface area contributed by atoms with E-state index in [1.54, 1.807) is 11.3 Å². The summed E-state index contributed by atoms with van der Waals surface area (Å²) in [4.78, 5) is 1.32. The predicted octanol–water partition coefficient (Wildman–Crippen LogP) is 3.08. The minimum atomic E-state index is 0.932. The van der Waals surface area contributed by atoms with Crippen molar-refractivity contribution in [2.45, 2.75) is 6.42 Å². The molecule has 2 heteroatoms. The van der Waals surface area contributed by atoms with Crippen LogP contribution in [-0.4, -0.2) is 5.75 Å². The maximum atomic E-state index is 4.10. The van der Waals surface area contributed by atoms with Crippen molar-refractivity contribution in [2.24, 2.45) is 0 Å². The number of rotatable bonds is 3. The lowest BCUT2D eigenvalue weighted by Crippen LogP contribution is -1.64. The van der Waals surface area contributed by atoms with Crippen LogP contribution in [0.15, 0.2) is 23.6 Å². The quantitative estimate of drug-likeness (QED) is 0.662. The molecule has 1 aromatic rings. The van der Waals surface area contributed by atoms with E-state index in [2.05, 4.69) is 42.3 Å². The Balaban J connectivity index is 2.40. The van der Waals surface area contributed by atoms with Gasteiger partial charge in [0.1, 0.15) is 0 Å². The van der Waals surface area contributed by atoms with E-state index < -0.39 is 0 Å². The fourth-order valence-corrected chi connectivity index (χ4v) is 1.46. The summed E-state index contributed by atoms with van der Waals surface area (Å²) in [6, 6.07) is 4.17. The van der Waals surface area contributed by atoms with Crippen molar-refractivity contribution in [2.75, 3.05) is 5.75 Å². The second-order valence-electron chi connectivity index (χ2n) is 1.93. The number of allylic oxidation sites excluding steroid dienone is 1. The van der Waals surface area contributed by atoms with E-state index in [9.17, 15) is 0 Å². The lowest BCUT2D eigenvalue weighted by molar-refractivity contribution is 1.26. The summed E-state index contributed by atoms with van der Waals surface area (Å²) in [7, 11) is 0. The van der Waals surface area contributed by atoms with E-state index in [1.165, 1.54) is 4.88 Å². The molecule has 10 heavy (non-hydrogen) atoms. The second kappa shape index (κ2) is 4.58. The highest BCUT2D eigenvalue weighted by Gasteiger charge is 1.82. The smallest absolute Gasteiger partial charge is 0.0267 e. The van der Waals surface area contributed by atoms with Gasteiger partial charge in [-0.3, -0.25) is 0 Å². The zero-order valence-electron chi connectivity index (χ0n) is 5.66. The van der Waals surface area contributed by atoms with Gasteiger partial charge in [-0.05, 0) is 29.7 Å². The Labute approximate surface area is 71.0 Å². The van der Waals surface area contributed by atoms with Crippen LogP contribution in [0.25, 0.3) is 6.08 Å². The van der Waals surface area contributed by atoms with Gasteiger partial charge in [-0.25, -0.2) is 0 Å². The molecule has 1 aromatic heterocycles. The van der Waals surface area contributed by atoms with E-state index in [4.69, 9.17) is 0 Å². The van der Waals surface area contributed by atoms with Gasteiger partial charge in [0.05, 0.1) is 0 Å². The molecule has 0 saturated carbocycles. The van der Waals surface area contributed by atoms with Crippen LogP contribution in [-0.2, 0) is 0 Å². The number of thiophene rings is 1. The highest BCUT2D eigenvalue weighted by Crippen LogP contribution is 2.10. The van der Waals surface area contributed by atoms with Crippen molar-refractivity contribution in [3.05, 3.63) is 28.5 Å². The van der Waals surface area contributed by atoms with Gasteiger partial charge in [-0.1, -0.05) is 12.1 Å². The maximum Gasteiger partial charge on any atom is 0.0267 e. The molecule has 0 N–H and O–H groups in total. The molecule has 0 nitrogen and oxygen atoms in total. The summed E-state index contributed by atoms with van der Waals surface area (Å²) in [5.74, 6) is 0.932. The van der Waals surface area contributed by atoms with Crippen molar-refractivity contribution < 1.29 is 0 Å². The van der Waals surface area contributed by atoms with Crippen molar-refractivity contribution >= 4 is 30.0 Å². The van der Waals surface area contributed by atoms with Crippen LogP contribution in [0.2, 0.25) is 0 Å². The highest BCUT2D eigenvalue weighted by molar-refractivity contribution is 7.80. The van der Waals surface area contributed by atoms with Crippen LogP contribution in [0.1, 0.15) is 11.3 Å². The molecule has 0 spiro atoms. The van der Waals surface area contributed by atoms with Crippen LogP contribution in [0.4, 0.5) is 0 Å². The fraction of sp³-hybridized carbons (Fsp3) is 0.250. The molecule has 0 bridgehead atoms. The lowest BCUT2D eigenvalue weighted by Gasteiger charge is -1.82. The van der Waals surface area contributed by atoms with Crippen molar-refractivity contribution in [3.8, 4) is 0 Å². The monoisotopic (exact) mass is 170 g/mol. The van der Waals surface area contributed by atoms with Gasteiger partial charge >= 0.3 is 0 Å². The average Bonchev–Trinajstić information content (AvgIpc) is 2.41. The third kappa shape index (κ3) is 2.58. The first kappa shape index (κ1) is 7.89. The molecule has 0 fully saturated rings. The van der Waals surface area contributed by atoms with Crippen LogP contribution >= 0.6 is 24.0 Å². The van der Waals surface area contributed by atoms with E-state index in [0.717, 1.165) is 12.2 Å². The van der Waals surface area contributed by atoms with Crippen molar-refractivity contribution in [1.29, 1.82) is 0 Å². The number of thiol groups is 1. The van der Waals surface area contributed by atoms with Gasteiger partial charge in [0, 0.05) is 4.88 Å². The molecule has 1 rings (SSSR count). The van der Waals surface area contributed by atoms with Gasteiger partial charge in [-0.2, -0.15) is 12.6 Å². The largest absolute Gasteiger partial charge is 0.179 e. The molecule has 0 radical (unpaired) electrons. The van der Waals surface area contributed by atoms with E-state index in [0.29, 0.717) is 0 Å². The van der Waals surface area contributed by atoms with E-state index in [1.807, 2.05) is 0 Å². The van der Waals surface area contributed by atoms with E-state index >= 15 is 0 Å². The third-order valence-electron chi connectivity index (χ3n) is 1.12. The average molecular weight is 170 g/mol. The molecule has 0 amide bonds. The Morgan fingerprint density at radius 1 is 1.60 bits per heavy atom. The molecule has 0 aliphatic rings. The van der Waals surface area contributed by atoms with Gasteiger partial charge in [0.25, 0.3) is 0 Å². The molecule has 0 atom stereocenters.